The molecule has 0 bridgehead atoms. The Morgan fingerprint density at radius 3 is 2.42 bits per heavy atom. The highest BCUT2D eigenvalue weighted by molar-refractivity contribution is 5.92. The predicted octanol–water partition coefficient (Wildman–Crippen LogP) is 3.52. The van der Waals surface area contributed by atoms with Gasteiger partial charge in [0.25, 0.3) is 5.91 Å². The van der Waals surface area contributed by atoms with E-state index in [1.807, 2.05) is 37.8 Å². The normalized spacial score (nSPS) is 15.6. The van der Waals surface area contributed by atoms with E-state index >= 15 is 0 Å². The van der Waals surface area contributed by atoms with Crippen LogP contribution in [-0.4, -0.2) is 53.2 Å². The fourth-order valence-electron chi connectivity index (χ4n) is 3.77. The molecule has 1 aromatic heterocycles. The summed E-state index contributed by atoms with van der Waals surface area (Å²) in [4.78, 5) is 26.7. The fraction of sp³-hybridized carbons (Fsp3) is 0.560. The standard InChI is InChI=1S/C22H27N3O4.C2H6.CH5N/c1-14-12-15(2-6-19(14)26)3-7-21(27)25-10-8-17(9-11-25)23-22(28)18-13-20(29-24-18)16-4-5-16;2*1-2/h2,6,12-13,16-17,26H,3-5,7-11H2,1H3,(H,23,28);1-2H3;2H2,1H3. The highest BCUT2D eigenvalue weighted by atomic mass is 16.5. The molecular formula is C25H38N4O4. The molecular weight excluding hydrogens is 420 g/mol. The SMILES string of the molecule is CC.CN.Cc1cc(CCC(=O)N2CCC(NC(=O)c3cc(C4CC4)on3)CC2)ccc1O. The van der Waals surface area contributed by atoms with Crippen molar-refractivity contribution in [2.75, 3.05) is 20.1 Å². The molecule has 8 nitrogen and oxygen atoms in total. The van der Waals surface area contributed by atoms with Crippen LogP contribution < -0.4 is 11.1 Å². The van der Waals surface area contributed by atoms with E-state index in [1.165, 1.54) is 7.05 Å². The van der Waals surface area contributed by atoms with E-state index in [0.717, 1.165) is 42.6 Å². The predicted molar refractivity (Wildman–Crippen MR) is 128 cm³/mol. The number of nitrogens with one attached hydrogen (secondary N) is 1. The average Bonchev–Trinajstić information content (AvgIpc) is 3.58. The first-order valence-corrected chi connectivity index (χ1v) is 11.9. The maximum absolute atomic E-state index is 12.5. The topological polar surface area (TPSA) is 122 Å². The number of amides is 2. The van der Waals surface area contributed by atoms with E-state index in [2.05, 4.69) is 16.2 Å². The minimum absolute atomic E-state index is 0.0485. The van der Waals surface area contributed by atoms with Crippen molar-refractivity contribution in [3.8, 4) is 5.75 Å². The van der Waals surface area contributed by atoms with Crippen LogP contribution in [0.15, 0.2) is 28.8 Å². The summed E-state index contributed by atoms with van der Waals surface area (Å²) in [6.07, 6.45) is 4.80. The summed E-state index contributed by atoms with van der Waals surface area (Å²) >= 11 is 0. The van der Waals surface area contributed by atoms with E-state index < -0.39 is 0 Å². The van der Waals surface area contributed by atoms with Gasteiger partial charge in [0, 0.05) is 37.5 Å². The number of carbonyl (C=O) groups excluding carboxylic acids is 2. The number of hydrogen-bond donors (Lipinski definition) is 3. The molecule has 0 unspecified atom stereocenters. The highest BCUT2D eigenvalue weighted by Crippen LogP contribution is 2.40. The molecule has 2 aromatic rings. The second kappa shape index (κ2) is 13.0. The number of nitrogens with two attached hydrogens (primary N) is 1. The molecule has 1 aromatic carbocycles. The summed E-state index contributed by atoms with van der Waals surface area (Å²) in [6, 6.07) is 7.24. The Morgan fingerprint density at radius 1 is 1.15 bits per heavy atom. The van der Waals surface area contributed by atoms with Gasteiger partial charge in [0.15, 0.2) is 5.69 Å². The molecule has 2 heterocycles. The second-order valence-corrected chi connectivity index (χ2v) is 8.14. The average molecular weight is 459 g/mol. The zero-order valence-corrected chi connectivity index (χ0v) is 20.3. The van der Waals surface area contributed by atoms with Gasteiger partial charge in [-0.15, -0.1) is 0 Å². The Kier molecular flexibility index (Phi) is 10.4. The number of phenols is 1. The van der Waals surface area contributed by atoms with Crippen molar-refractivity contribution in [1.29, 1.82) is 0 Å². The van der Waals surface area contributed by atoms with Gasteiger partial charge < -0.3 is 25.6 Å². The van der Waals surface area contributed by atoms with Gasteiger partial charge in [-0.1, -0.05) is 31.1 Å². The molecule has 8 heteroatoms. The van der Waals surface area contributed by atoms with Crippen molar-refractivity contribution >= 4 is 11.8 Å². The fourth-order valence-corrected chi connectivity index (χ4v) is 3.77. The maximum atomic E-state index is 12.5. The monoisotopic (exact) mass is 458 g/mol. The van der Waals surface area contributed by atoms with Crippen LogP contribution in [0, 0.1) is 6.92 Å². The Morgan fingerprint density at radius 2 is 1.82 bits per heavy atom. The zero-order chi connectivity index (χ0) is 24.4. The van der Waals surface area contributed by atoms with Crippen molar-refractivity contribution in [2.24, 2.45) is 5.73 Å². The molecule has 1 saturated heterocycles. The van der Waals surface area contributed by atoms with Crippen LogP contribution in [0.2, 0.25) is 0 Å². The number of rotatable bonds is 6. The van der Waals surface area contributed by atoms with E-state index in [-0.39, 0.29) is 23.6 Å². The van der Waals surface area contributed by atoms with Crippen LogP contribution in [0.4, 0.5) is 0 Å². The smallest absolute Gasteiger partial charge is 0.273 e. The third-order valence-corrected chi connectivity index (χ3v) is 5.81. The first-order chi connectivity index (χ1) is 16.0. The Balaban J connectivity index is 0.000000914. The van der Waals surface area contributed by atoms with Crippen molar-refractivity contribution in [1.82, 2.24) is 15.4 Å². The lowest BCUT2D eigenvalue weighted by molar-refractivity contribution is -0.132. The Bertz CT molecular complexity index is 900. The largest absolute Gasteiger partial charge is 0.508 e. The van der Waals surface area contributed by atoms with Gasteiger partial charge >= 0.3 is 0 Å². The van der Waals surface area contributed by atoms with Crippen LogP contribution in [0.3, 0.4) is 0 Å². The number of aromatic hydroxyl groups is 1. The van der Waals surface area contributed by atoms with Crippen molar-refractivity contribution in [2.45, 2.75) is 71.3 Å². The molecule has 182 valence electrons. The molecule has 4 rings (SSSR count). The zero-order valence-electron chi connectivity index (χ0n) is 20.3. The molecule has 4 N–H and O–H groups in total. The molecule has 1 aliphatic heterocycles. The van der Waals surface area contributed by atoms with Crippen LogP contribution in [0.5, 0.6) is 5.75 Å². The molecule has 0 radical (unpaired) electrons. The number of piperidine rings is 1. The van der Waals surface area contributed by atoms with Gasteiger partial charge in [-0.05, 0) is 63.3 Å². The molecule has 2 fully saturated rings. The molecule has 2 aliphatic rings. The molecule has 33 heavy (non-hydrogen) atoms. The minimum atomic E-state index is -0.201. The Labute approximate surface area is 196 Å². The highest BCUT2D eigenvalue weighted by Gasteiger charge is 2.30. The molecule has 1 saturated carbocycles. The van der Waals surface area contributed by atoms with Gasteiger partial charge in [0.05, 0.1) is 0 Å². The number of aromatic nitrogens is 1. The number of likely N-dealkylation sites (tertiary alicyclic amines) is 1. The van der Waals surface area contributed by atoms with Crippen molar-refractivity contribution < 1.29 is 19.2 Å². The van der Waals surface area contributed by atoms with E-state index in [1.54, 1.807) is 12.1 Å². The number of aryl methyl sites for hydroxylation is 2. The number of nitrogens with zero attached hydrogens (tertiary/aromatic N) is 2. The van der Waals surface area contributed by atoms with Crippen LogP contribution in [0.1, 0.15) is 79.2 Å². The third kappa shape index (κ3) is 7.60. The number of phenolic OH excluding ortho intramolecular Hbond substituents is 1. The van der Waals surface area contributed by atoms with Gasteiger partial charge in [-0.25, -0.2) is 0 Å². The van der Waals surface area contributed by atoms with E-state index in [9.17, 15) is 14.7 Å². The van der Waals surface area contributed by atoms with Crippen molar-refractivity contribution in [3.63, 3.8) is 0 Å². The summed E-state index contributed by atoms with van der Waals surface area (Å²) in [5, 5.41) is 16.5. The van der Waals surface area contributed by atoms with Gasteiger partial charge in [0.2, 0.25) is 5.91 Å². The molecule has 0 spiro atoms. The summed E-state index contributed by atoms with van der Waals surface area (Å²) < 4.78 is 5.25. The number of benzene rings is 1. The second-order valence-electron chi connectivity index (χ2n) is 8.14. The summed E-state index contributed by atoms with van der Waals surface area (Å²) in [7, 11) is 1.50. The van der Waals surface area contributed by atoms with Crippen LogP contribution in [0.25, 0.3) is 0 Å². The summed E-state index contributed by atoms with van der Waals surface area (Å²) in [6.45, 7) is 7.14. The van der Waals surface area contributed by atoms with Crippen molar-refractivity contribution in [3.05, 3.63) is 46.8 Å². The first-order valence-electron chi connectivity index (χ1n) is 11.9. The quantitative estimate of drug-likeness (QED) is 0.609. The van der Waals surface area contributed by atoms with Gasteiger partial charge in [-0.2, -0.15) is 0 Å². The van der Waals surface area contributed by atoms with Crippen LogP contribution >= 0.6 is 0 Å². The maximum Gasteiger partial charge on any atom is 0.273 e. The van der Waals surface area contributed by atoms with Gasteiger partial charge in [0.1, 0.15) is 11.5 Å². The third-order valence-electron chi connectivity index (χ3n) is 5.81. The van der Waals surface area contributed by atoms with Crippen LogP contribution in [-0.2, 0) is 11.2 Å². The minimum Gasteiger partial charge on any atom is -0.508 e. The van der Waals surface area contributed by atoms with E-state index in [0.29, 0.717) is 37.5 Å². The molecule has 2 amide bonds. The Hall–Kier alpha value is -2.87. The van der Waals surface area contributed by atoms with E-state index in [4.69, 9.17) is 4.52 Å². The van der Waals surface area contributed by atoms with Gasteiger partial charge in [-0.3, -0.25) is 9.59 Å². The lowest BCUT2D eigenvalue weighted by Crippen LogP contribution is -2.46. The number of hydrogen-bond acceptors (Lipinski definition) is 6. The first kappa shape index (κ1) is 26.4. The summed E-state index contributed by atoms with van der Waals surface area (Å²) in [5.41, 5.74) is 6.71. The molecule has 1 aliphatic carbocycles. The summed E-state index contributed by atoms with van der Waals surface area (Å²) in [5.74, 6) is 1.45. The number of carbonyl (C=O) groups is 2. The lowest BCUT2D eigenvalue weighted by atomic mass is 10.0. The molecule has 0 atom stereocenters. The lowest BCUT2D eigenvalue weighted by Gasteiger charge is -2.32.